The third-order valence-corrected chi connectivity index (χ3v) is 63.2. The van der Waals surface area contributed by atoms with Crippen molar-refractivity contribution in [2.45, 2.75) is 67.4 Å². The van der Waals surface area contributed by atoms with Gasteiger partial charge in [-0.3, -0.25) is 0 Å². The summed E-state index contributed by atoms with van der Waals surface area (Å²) < 4.78 is 2.19. The van der Waals surface area contributed by atoms with Crippen molar-refractivity contribution in [2.75, 3.05) is 0 Å². The first-order chi connectivity index (χ1) is 7.27. The Kier molecular flexibility index (Phi) is 0.148. The Balaban J connectivity index is 1.90. The molecule has 1 spiro atoms. The molecule has 0 aliphatic carbocycles. The third-order valence-electron chi connectivity index (χ3n) is 17.1. The molecule has 0 aromatic carbocycles. The summed E-state index contributed by atoms with van der Waals surface area (Å²) in [6.07, 6.45) is 0. The zero-order chi connectivity index (χ0) is 10.4. The Hall–Kier alpha value is 0.189. The number of Topliss-reactive ketones (excluding diaryl/α,β-unsaturated/α-hetero) is 1. The van der Waals surface area contributed by atoms with Gasteiger partial charge in [0.2, 0.25) is 0 Å². The number of fused-ring (bicyclic) bond motifs is 10. The summed E-state index contributed by atoms with van der Waals surface area (Å²) in [5, 5.41) is 0. The summed E-state index contributed by atoms with van der Waals surface area (Å²) in [5.41, 5.74) is 0. The second-order valence-electron chi connectivity index (χ2n) is 11.1. The molecule has 10 heterocycles. The Bertz CT molecular complexity index is 1050. The fourth-order valence-electron chi connectivity index (χ4n) is 20.0. The summed E-state index contributed by atoms with van der Waals surface area (Å²) in [6, 6.07) is 0. The van der Waals surface area contributed by atoms with E-state index in [0.29, 0.717) is 10.1 Å². The number of hydrogen-bond acceptors (Lipinski definition) is 1. The molecule has 10 saturated heterocycles. The zero-order valence-corrected chi connectivity index (χ0v) is 10.9. The van der Waals surface area contributed by atoms with Gasteiger partial charge < -0.3 is 0 Å². The molecule has 8 atom stereocenters. The van der Waals surface area contributed by atoms with Crippen LogP contribution >= 0.6 is 0 Å². The van der Waals surface area contributed by atoms with E-state index in [1.54, 1.807) is 0 Å². The van der Waals surface area contributed by atoms with Crippen molar-refractivity contribution in [3.63, 3.8) is 0 Å². The molecule has 0 saturated carbocycles. The first kappa shape index (κ1) is 5.89. The minimum atomic E-state index is -3.28. The fourth-order valence-corrected chi connectivity index (χ4v) is 101. The van der Waals surface area contributed by atoms with Crippen LogP contribution < -0.4 is 0 Å². The molecule has 1 nitrogen and oxygen atoms in total. The van der Waals surface area contributed by atoms with Gasteiger partial charge in [0.1, 0.15) is 0 Å². The number of ketones is 1. The first-order valence-electron chi connectivity index (χ1n) is 6.98. The Morgan fingerprint density at radius 2 is 1.44 bits per heavy atom. The predicted molar refractivity (Wildman–Crippen MR) is 56.4 cm³/mol. The van der Waals surface area contributed by atoms with Crippen LogP contribution in [-0.4, -0.2) is 5.78 Å². The molecule has 10 rings (SSSR count). The van der Waals surface area contributed by atoms with Gasteiger partial charge in [0.15, 0.2) is 0 Å². The van der Waals surface area contributed by atoms with Crippen LogP contribution in [0.1, 0.15) is 20.8 Å². The first-order valence-corrected chi connectivity index (χ1v) is 13.1. The number of rotatable bonds is 1. The van der Waals surface area contributed by atoms with Gasteiger partial charge in [-0.1, -0.05) is 0 Å². The van der Waals surface area contributed by atoms with Crippen LogP contribution in [0.15, 0.2) is 0 Å². The number of hydrogen-bond donors (Lipinski definition) is 0. The molecule has 16 heavy (non-hydrogen) atoms. The topological polar surface area (TPSA) is 17.1 Å². The molecular formula is C14H16FeO. The quantitative estimate of drug-likeness (QED) is 0.645. The van der Waals surface area contributed by atoms with E-state index in [-0.39, 0.29) is 0 Å². The van der Waals surface area contributed by atoms with Gasteiger partial charge in [-0.2, -0.15) is 0 Å². The van der Waals surface area contributed by atoms with Crippen molar-refractivity contribution in [1.29, 1.82) is 0 Å². The Morgan fingerprint density at radius 1 is 0.938 bits per heavy atom. The van der Waals surface area contributed by atoms with E-state index in [9.17, 15) is 4.79 Å². The summed E-state index contributed by atoms with van der Waals surface area (Å²) in [6.45, 7) is 4.13. The molecule has 0 N–H and O–H groups in total. The van der Waals surface area contributed by atoms with Crippen LogP contribution in [0.25, 0.3) is 0 Å². The van der Waals surface area contributed by atoms with Gasteiger partial charge in [0.25, 0.3) is 0 Å². The van der Waals surface area contributed by atoms with Crippen LogP contribution in [0.4, 0.5) is 0 Å². The maximum absolute atomic E-state index is 12.5. The van der Waals surface area contributed by atoms with Crippen molar-refractivity contribution in [3.05, 3.63) is 0 Å². The fraction of sp³-hybridized carbons (Fsp3) is 0.929. The van der Waals surface area contributed by atoms with E-state index >= 15 is 0 Å². The summed E-state index contributed by atoms with van der Waals surface area (Å²) in [5.74, 6) is 0.710. The molecular weight excluding hydrogens is 240 g/mol. The van der Waals surface area contributed by atoms with Gasteiger partial charge in [0.05, 0.1) is 0 Å². The molecule has 10 aliphatic heterocycles. The van der Waals surface area contributed by atoms with Gasteiger partial charge in [-0.05, 0) is 0 Å². The van der Waals surface area contributed by atoms with Gasteiger partial charge >= 0.3 is 84.5 Å². The normalized spacial score (nSPS) is 135. The molecule has 0 amide bonds. The van der Waals surface area contributed by atoms with Gasteiger partial charge in [0, 0.05) is 0 Å². The molecule has 10 aliphatic rings. The maximum atomic E-state index is 12.5. The number of carbonyl (C=O) groups excluding carboxylic acids is 1. The number of carbonyl (C=O) groups is 1. The second-order valence-corrected chi connectivity index (χ2v) is 34.5. The van der Waals surface area contributed by atoms with Crippen LogP contribution in [0.2, 0.25) is 46.7 Å². The van der Waals surface area contributed by atoms with E-state index in [2.05, 4.69) is 13.8 Å². The van der Waals surface area contributed by atoms with Gasteiger partial charge in [-0.15, -0.1) is 0 Å². The molecule has 0 bridgehead atoms. The second kappa shape index (κ2) is 0.402. The molecule has 86 valence electrons. The molecule has 10 fully saturated rings. The van der Waals surface area contributed by atoms with Crippen LogP contribution in [0, 0.1) is 0 Å². The summed E-state index contributed by atoms with van der Waals surface area (Å²) in [7, 11) is 0. The van der Waals surface area contributed by atoms with Crippen molar-refractivity contribution < 1.29 is 11.3 Å². The van der Waals surface area contributed by atoms with Crippen molar-refractivity contribution in [2.24, 2.45) is 0 Å². The minimum absolute atomic E-state index is 0.479. The van der Waals surface area contributed by atoms with Crippen LogP contribution in [0.5, 0.6) is 0 Å². The van der Waals surface area contributed by atoms with Crippen LogP contribution in [0.3, 0.4) is 0 Å². The van der Waals surface area contributed by atoms with E-state index in [1.165, 1.54) is 24.1 Å². The van der Waals surface area contributed by atoms with Gasteiger partial charge in [-0.25, -0.2) is 0 Å². The van der Waals surface area contributed by atoms with Crippen LogP contribution in [-0.2, 0) is 11.3 Å². The molecule has 2 heteroatoms. The Labute approximate surface area is 84.6 Å². The van der Waals surface area contributed by atoms with Crippen molar-refractivity contribution in [1.82, 2.24) is 0 Å². The molecule has 0 aromatic rings. The molecule has 0 aromatic heterocycles. The SMILES string of the molecule is CC(=O)[C]12[CH]3[CH]4[CH]5[CH]1[Fe]45321678[CH]2[CH]1[C]6(C)[C]7(C)[CH]28. The monoisotopic (exact) mass is 256 g/mol. The Morgan fingerprint density at radius 3 is 1.50 bits per heavy atom. The average molecular weight is 256 g/mol. The van der Waals surface area contributed by atoms with E-state index in [0.717, 1.165) is 18.3 Å². The standard InChI is InChI=1S/C7H7O.C7H9.Fe/c1-6(8)7-4-2-3-5-7;1-6-4-3-5-7(6)2;/h2-5H,1H3;3-5H,1-2H3;. The summed E-state index contributed by atoms with van der Waals surface area (Å²) >= 11 is 0. The molecule has 0 radical (unpaired) electrons. The predicted octanol–water partition coefficient (Wildman–Crippen LogP) is 4.11. The van der Waals surface area contributed by atoms with E-state index in [1.807, 2.05) is 6.92 Å². The zero-order valence-electron chi connectivity index (χ0n) is 9.80. The van der Waals surface area contributed by atoms with E-state index in [4.69, 9.17) is 0 Å². The van der Waals surface area contributed by atoms with E-state index < -0.39 is 6.51 Å². The average Bonchev–Trinajstić information content (AvgIpc) is 3.15. The third kappa shape index (κ3) is 0.0407. The van der Waals surface area contributed by atoms with Crippen molar-refractivity contribution in [3.8, 4) is 0 Å². The summed E-state index contributed by atoms with van der Waals surface area (Å²) in [4.78, 5) is 21.0. The molecule has 8 unspecified atom stereocenters. The van der Waals surface area contributed by atoms with Crippen molar-refractivity contribution >= 4 is 5.78 Å².